The molecule has 0 amide bonds. The van der Waals surface area contributed by atoms with Crippen LogP contribution in [0, 0.1) is 0 Å². The van der Waals surface area contributed by atoms with Gasteiger partial charge in [-0.05, 0) is 43.5 Å². The van der Waals surface area contributed by atoms with Crippen molar-refractivity contribution in [1.29, 1.82) is 0 Å². The summed E-state index contributed by atoms with van der Waals surface area (Å²) >= 11 is 1.61. The Hall–Kier alpha value is -2.31. The van der Waals surface area contributed by atoms with Gasteiger partial charge in [0.15, 0.2) is 5.16 Å². The predicted octanol–water partition coefficient (Wildman–Crippen LogP) is 4.14. The molecule has 0 unspecified atom stereocenters. The van der Waals surface area contributed by atoms with Crippen LogP contribution in [0.5, 0.6) is 5.75 Å². The molecule has 0 saturated carbocycles. The lowest BCUT2D eigenvalue weighted by molar-refractivity contribution is 0.0937. The molecule has 1 saturated heterocycles. The van der Waals surface area contributed by atoms with Crippen molar-refractivity contribution in [2.24, 2.45) is 0 Å². The van der Waals surface area contributed by atoms with Crippen LogP contribution in [0.3, 0.4) is 0 Å². The quantitative estimate of drug-likeness (QED) is 0.325. The zero-order valence-electron chi connectivity index (χ0n) is 15.8. The van der Waals surface area contributed by atoms with Gasteiger partial charge in [-0.15, -0.1) is 0 Å². The van der Waals surface area contributed by atoms with Crippen molar-refractivity contribution in [3.05, 3.63) is 65.0 Å². The molecule has 2 aromatic carbocycles. The normalized spacial score (nSPS) is 16.5. The number of para-hydroxylation sites is 2. The van der Waals surface area contributed by atoms with Gasteiger partial charge in [0, 0.05) is 12.4 Å². The first kappa shape index (κ1) is 19.0. The molecule has 1 aliphatic heterocycles. The van der Waals surface area contributed by atoms with Gasteiger partial charge in [0.2, 0.25) is 0 Å². The van der Waals surface area contributed by atoms with E-state index in [0.717, 1.165) is 48.0 Å². The molecule has 0 spiro atoms. The molecule has 6 heteroatoms. The third-order valence-electron chi connectivity index (χ3n) is 4.77. The summed E-state index contributed by atoms with van der Waals surface area (Å²) in [5.41, 5.74) is 0.767. The van der Waals surface area contributed by atoms with E-state index in [1.807, 2.05) is 54.6 Å². The van der Waals surface area contributed by atoms with Gasteiger partial charge < -0.3 is 9.47 Å². The minimum atomic E-state index is 0.0177. The number of aromatic nitrogens is 2. The van der Waals surface area contributed by atoms with Gasteiger partial charge in [0.25, 0.3) is 5.56 Å². The number of nitrogens with zero attached hydrogens (tertiary/aromatic N) is 2. The molecule has 4 rings (SSSR count). The molecule has 1 fully saturated rings. The lowest BCUT2D eigenvalue weighted by Crippen LogP contribution is -2.28. The number of hydrogen-bond acceptors (Lipinski definition) is 5. The maximum Gasteiger partial charge on any atom is 0.262 e. The van der Waals surface area contributed by atoms with Crippen LogP contribution < -0.4 is 10.3 Å². The average Bonchev–Trinajstić information content (AvgIpc) is 3.24. The standard InChI is InChI=1S/C22H24N2O3S/c25-21-19-11-4-5-12-20(19)23-22(24(21)16-18-10-6-13-27-18)28-15-7-14-26-17-8-2-1-3-9-17/h1-5,8-9,11-12,18H,6-7,10,13-16H2/t18-/m0/s1. The van der Waals surface area contributed by atoms with Crippen molar-refractivity contribution < 1.29 is 9.47 Å². The van der Waals surface area contributed by atoms with E-state index in [0.29, 0.717) is 18.5 Å². The Morgan fingerprint density at radius 3 is 2.79 bits per heavy atom. The summed E-state index contributed by atoms with van der Waals surface area (Å²) in [6.45, 7) is 1.99. The fraction of sp³-hybridized carbons (Fsp3) is 0.364. The van der Waals surface area contributed by atoms with Crippen molar-refractivity contribution in [2.45, 2.75) is 37.1 Å². The van der Waals surface area contributed by atoms with Crippen LogP contribution in [0.15, 0.2) is 64.5 Å². The zero-order valence-corrected chi connectivity index (χ0v) is 16.6. The molecule has 2 heterocycles. The summed E-state index contributed by atoms with van der Waals surface area (Å²) in [5, 5.41) is 1.43. The first-order chi connectivity index (χ1) is 13.8. The Labute approximate surface area is 168 Å². The number of thioether (sulfide) groups is 1. The highest BCUT2D eigenvalue weighted by atomic mass is 32.2. The van der Waals surface area contributed by atoms with Crippen molar-refractivity contribution in [3.8, 4) is 5.75 Å². The van der Waals surface area contributed by atoms with E-state index in [9.17, 15) is 4.79 Å². The monoisotopic (exact) mass is 396 g/mol. The molecule has 28 heavy (non-hydrogen) atoms. The highest BCUT2D eigenvalue weighted by Gasteiger charge is 2.20. The molecular weight excluding hydrogens is 372 g/mol. The summed E-state index contributed by atoms with van der Waals surface area (Å²) in [6, 6.07) is 17.4. The maximum atomic E-state index is 13.0. The Kier molecular flexibility index (Phi) is 6.29. The van der Waals surface area contributed by atoms with E-state index < -0.39 is 0 Å². The van der Waals surface area contributed by atoms with Crippen LogP contribution in [-0.4, -0.2) is 34.6 Å². The number of ether oxygens (including phenoxy) is 2. The first-order valence-corrected chi connectivity index (χ1v) is 10.7. The van der Waals surface area contributed by atoms with Crippen molar-refractivity contribution >= 4 is 22.7 Å². The van der Waals surface area contributed by atoms with Gasteiger partial charge in [-0.3, -0.25) is 9.36 Å². The number of fused-ring (bicyclic) bond motifs is 1. The molecule has 5 nitrogen and oxygen atoms in total. The fourth-order valence-electron chi connectivity index (χ4n) is 3.34. The minimum Gasteiger partial charge on any atom is -0.494 e. The lowest BCUT2D eigenvalue weighted by atomic mass is 10.2. The Morgan fingerprint density at radius 1 is 1.14 bits per heavy atom. The fourth-order valence-corrected chi connectivity index (χ4v) is 4.26. The summed E-state index contributed by atoms with van der Waals surface area (Å²) in [6.07, 6.45) is 3.03. The van der Waals surface area contributed by atoms with Gasteiger partial charge in [-0.1, -0.05) is 42.1 Å². The summed E-state index contributed by atoms with van der Waals surface area (Å²) in [7, 11) is 0. The van der Waals surface area contributed by atoms with E-state index in [2.05, 4.69) is 0 Å². The van der Waals surface area contributed by atoms with Gasteiger partial charge >= 0.3 is 0 Å². The van der Waals surface area contributed by atoms with Crippen molar-refractivity contribution in [2.75, 3.05) is 19.0 Å². The molecule has 1 atom stereocenters. The first-order valence-electron chi connectivity index (χ1n) is 9.73. The van der Waals surface area contributed by atoms with Gasteiger partial charge in [0.1, 0.15) is 5.75 Å². The largest absolute Gasteiger partial charge is 0.494 e. The molecule has 1 aromatic heterocycles. The van der Waals surface area contributed by atoms with Gasteiger partial charge in [-0.25, -0.2) is 4.98 Å². The molecule has 0 aliphatic carbocycles. The Morgan fingerprint density at radius 2 is 1.96 bits per heavy atom. The summed E-state index contributed by atoms with van der Waals surface area (Å²) in [5.74, 6) is 1.72. The molecule has 0 radical (unpaired) electrons. The predicted molar refractivity (Wildman–Crippen MR) is 112 cm³/mol. The number of hydrogen-bond donors (Lipinski definition) is 0. The van der Waals surface area contributed by atoms with E-state index >= 15 is 0 Å². The van der Waals surface area contributed by atoms with E-state index in [1.165, 1.54) is 0 Å². The van der Waals surface area contributed by atoms with E-state index in [-0.39, 0.29) is 11.7 Å². The summed E-state index contributed by atoms with van der Waals surface area (Å²) in [4.78, 5) is 17.8. The van der Waals surface area contributed by atoms with Crippen molar-refractivity contribution in [1.82, 2.24) is 9.55 Å². The topological polar surface area (TPSA) is 53.3 Å². The zero-order chi connectivity index (χ0) is 19.2. The molecule has 0 N–H and O–H groups in total. The maximum absolute atomic E-state index is 13.0. The second kappa shape index (κ2) is 9.26. The van der Waals surface area contributed by atoms with Crippen LogP contribution in [0.4, 0.5) is 0 Å². The molecule has 3 aromatic rings. The lowest BCUT2D eigenvalue weighted by Gasteiger charge is -2.16. The molecule has 146 valence electrons. The smallest absolute Gasteiger partial charge is 0.262 e. The van der Waals surface area contributed by atoms with Crippen LogP contribution in [0.2, 0.25) is 0 Å². The van der Waals surface area contributed by atoms with Crippen LogP contribution in [0.1, 0.15) is 19.3 Å². The second-order valence-electron chi connectivity index (χ2n) is 6.83. The molecule has 0 bridgehead atoms. The van der Waals surface area contributed by atoms with Crippen LogP contribution in [0.25, 0.3) is 10.9 Å². The minimum absolute atomic E-state index is 0.0177. The molecule has 1 aliphatic rings. The van der Waals surface area contributed by atoms with Gasteiger partial charge in [0.05, 0.1) is 30.2 Å². The van der Waals surface area contributed by atoms with Crippen LogP contribution >= 0.6 is 11.8 Å². The van der Waals surface area contributed by atoms with Gasteiger partial charge in [-0.2, -0.15) is 0 Å². The van der Waals surface area contributed by atoms with Crippen LogP contribution in [-0.2, 0) is 11.3 Å². The Bertz CT molecular complexity index is 968. The van der Waals surface area contributed by atoms with E-state index in [1.54, 1.807) is 16.3 Å². The highest BCUT2D eigenvalue weighted by molar-refractivity contribution is 7.99. The van der Waals surface area contributed by atoms with Crippen molar-refractivity contribution in [3.63, 3.8) is 0 Å². The summed E-state index contributed by atoms with van der Waals surface area (Å²) < 4.78 is 13.3. The molecular formula is C22H24N2O3S. The van der Waals surface area contributed by atoms with E-state index in [4.69, 9.17) is 14.5 Å². The SMILES string of the molecule is O=c1c2ccccc2nc(SCCCOc2ccccc2)n1C[C@@H]1CCCO1. The third-order valence-corrected chi connectivity index (χ3v) is 5.83. The highest BCUT2D eigenvalue weighted by Crippen LogP contribution is 2.21. The third kappa shape index (κ3) is 4.56. The second-order valence-corrected chi connectivity index (χ2v) is 7.89. The average molecular weight is 397 g/mol. The Balaban J connectivity index is 1.45. The number of rotatable bonds is 8. The number of benzene rings is 2.